The van der Waals surface area contributed by atoms with Crippen molar-refractivity contribution in [2.75, 3.05) is 5.75 Å². The zero-order valence-corrected chi connectivity index (χ0v) is 3.88. The minimum atomic E-state index is -0.333. The second-order valence-electron chi connectivity index (χ2n) is 1.46. The van der Waals surface area contributed by atoms with Gasteiger partial charge in [-0.05, 0) is 6.92 Å². The third-order valence-corrected chi connectivity index (χ3v) is 1.69. The highest BCUT2D eigenvalue weighted by Gasteiger charge is 2.35. The summed E-state index contributed by atoms with van der Waals surface area (Å²) in [5.41, 5.74) is 0. The molecule has 0 aliphatic carbocycles. The van der Waals surface area contributed by atoms with Gasteiger partial charge in [-0.2, -0.15) is 0 Å². The average Bonchev–Trinajstić information content (AvgIpc) is 1.76. The van der Waals surface area contributed by atoms with E-state index in [2.05, 4.69) is 0 Å². The SMILES string of the molecule is CC1(O)CS1. The van der Waals surface area contributed by atoms with E-state index in [9.17, 15) is 0 Å². The summed E-state index contributed by atoms with van der Waals surface area (Å²) in [6, 6.07) is 0. The average molecular weight is 90.1 g/mol. The first-order chi connectivity index (χ1) is 2.21. The van der Waals surface area contributed by atoms with E-state index in [1.807, 2.05) is 6.92 Å². The molecule has 1 nitrogen and oxygen atoms in total. The van der Waals surface area contributed by atoms with Crippen molar-refractivity contribution in [2.45, 2.75) is 11.9 Å². The van der Waals surface area contributed by atoms with Crippen LogP contribution in [0.25, 0.3) is 0 Å². The summed E-state index contributed by atoms with van der Waals surface area (Å²) in [5, 5.41) is 8.59. The van der Waals surface area contributed by atoms with E-state index in [1.165, 1.54) is 0 Å². The number of hydrogen-bond donors (Lipinski definition) is 1. The molecular formula is C3H6OS. The van der Waals surface area contributed by atoms with Gasteiger partial charge in [-0.1, -0.05) is 0 Å². The minimum absolute atomic E-state index is 0.333. The van der Waals surface area contributed by atoms with Gasteiger partial charge in [-0.15, -0.1) is 11.8 Å². The lowest BCUT2D eigenvalue weighted by Gasteiger charge is -1.84. The standard InChI is InChI=1S/C3H6OS/c1-3(4)2-5-3/h4H,2H2,1H3. The largest absolute Gasteiger partial charge is 0.379 e. The summed E-state index contributed by atoms with van der Waals surface area (Å²) in [7, 11) is 0. The maximum absolute atomic E-state index is 8.59. The molecule has 0 radical (unpaired) electrons. The molecule has 0 amide bonds. The van der Waals surface area contributed by atoms with E-state index in [-0.39, 0.29) is 4.93 Å². The molecule has 1 saturated heterocycles. The van der Waals surface area contributed by atoms with E-state index < -0.39 is 0 Å². The van der Waals surface area contributed by atoms with Crippen molar-refractivity contribution < 1.29 is 5.11 Å². The van der Waals surface area contributed by atoms with Crippen LogP contribution in [-0.2, 0) is 0 Å². The van der Waals surface area contributed by atoms with Crippen LogP contribution in [0.4, 0.5) is 0 Å². The second kappa shape index (κ2) is 0.684. The lowest BCUT2D eigenvalue weighted by atomic mass is 10.5. The molecule has 5 heavy (non-hydrogen) atoms. The summed E-state index contributed by atoms with van der Waals surface area (Å²) >= 11 is 1.58. The van der Waals surface area contributed by atoms with E-state index >= 15 is 0 Å². The predicted molar refractivity (Wildman–Crippen MR) is 23.1 cm³/mol. The van der Waals surface area contributed by atoms with Gasteiger partial charge in [-0.3, -0.25) is 0 Å². The Labute approximate surface area is 35.4 Å². The molecule has 0 saturated carbocycles. The fourth-order valence-corrected chi connectivity index (χ4v) is 0.313. The van der Waals surface area contributed by atoms with Crippen molar-refractivity contribution in [3.8, 4) is 0 Å². The Kier molecular flexibility index (Phi) is 0.478. The van der Waals surface area contributed by atoms with Gasteiger partial charge in [0.15, 0.2) is 0 Å². The van der Waals surface area contributed by atoms with Gasteiger partial charge in [0, 0.05) is 5.75 Å². The molecule has 0 spiro atoms. The molecule has 1 N–H and O–H groups in total. The van der Waals surface area contributed by atoms with Crippen LogP contribution in [-0.4, -0.2) is 15.8 Å². The number of thioether (sulfide) groups is 1. The lowest BCUT2D eigenvalue weighted by Crippen LogP contribution is -1.95. The number of hydrogen-bond acceptors (Lipinski definition) is 2. The molecule has 1 aliphatic heterocycles. The van der Waals surface area contributed by atoms with Crippen molar-refractivity contribution in [1.29, 1.82) is 0 Å². The van der Waals surface area contributed by atoms with Crippen molar-refractivity contribution in [3.63, 3.8) is 0 Å². The van der Waals surface area contributed by atoms with Crippen molar-refractivity contribution in [1.82, 2.24) is 0 Å². The Morgan fingerprint density at radius 3 is 2.20 bits per heavy atom. The fourth-order valence-electron chi connectivity index (χ4n) is 0.104. The number of rotatable bonds is 0. The lowest BCUT2D eigenvalue weighted by molar-refractivity contribution is 0.213. The van der Waals surface area contributed by atoms with Crippen LogP contribution < -0.4 is 0 Å². The van der Waals surface area contributed by atoms with Crippen LogP contribution in [0.1, 0.15) is 6.92 Å². The first-order valence-corrected chi connectivity index (χ1v) is 2.56. The molecule has 2 heteroatoms. The zero-order valence-electron chi connectivity index (χ0n) is 3.06. The summed E-state index contributed by atoms with van der Waals surface area (Å²) in [6.45, 7) is 1.82. The van der Waals surface area contributed by atoms with Gasteiger partial charge in [0.2, 0.25) is 0 Å². The monoisotopic (exact) mass is 90.0 g/mol. The zero-order chi connectivity index (χ0) is 3.91. The maximum atomic E-state index is 8.59. The molecule has 1 heterocycles. The van der Waals surface area contributed by atoms with Crippen LogP contribution in [0.2, 0.25) is 0 Å². The highest BCUT2D eigenvalue weighted by molar-refractivity contribution is 8.07. The Bertz CT molecular complexity index is 44.9. The van der Waals surface area contributed by atoms with Crippen LogP contribution in [0.5, 0.6) is 0 Å². The van der Waals surface area contributed by atoms with Crippen LogP contribution in [0, 0.1) is 0 Å². The Hall–Kier alpha value is 0.310. The summed E-state index contributed by atoms with van der Waals surface area (Å²) < 4.78 is 0. The normalized spacial score (nSPS) is 49.2. The van der Waals surface area contributed by atoms with Crippen molar-refractivity contribution in [2.24, 2.45) is 0 Å². The van der Waals surface area contributed by atoms with Crippen molar-refractivity contribution >= 4 is 11.8 Å². The van der Waals surface area contributed by atoms with Crippen LogP contribution in [0.15, 0.2) is 0 Å². The van der Waals surface area contributed by atoms with E-state index in [0.717, 1.165) is 5.75 Å². The molecule has 1 fully saturated rings. The molecule has 0 aromatic rings. The first-order valence-electron chi connectivity index (χ1n) is 1.57. The smallest absolute Gasteiger partial charge is 0.116 e. The van der Waals surface area contributed by atoms with Crippen LogP contribution >= 0.6 is 11.8 Å². The van der Waals surface area contributed by atoms with Gasteiger partial charge >= 0.3 is 0 Å². The van der Waals surface area contributed by atoms with Gasteiger partial charge in [0.25, 0.3) is 0 Å². The first kappa shape index (κ1) is 3.50. The molecule has 1 atom stereocenters. The van der Waals surface area contributed by atoms with Gasteiger partial charge in [0.1, 0.15) is 4.93 Å². The van der Waals surface area contributed by atoms with Gasteiger partial charge < -0.3 is 5.11 Å². The second-order valence-corrected chi connectivity index (χ2v) is 2.92. The Balaban J connectivity index is 2.38. The highest BCUT2D eigenvalue weighted by atomic mass is 32.2. The van der Waals surface area contributed by atoms with E-state index in [0.29, 0.717) is 0 Å². The highest BCUT2D eigenvalue weighted by Crippen LogP contribution is 2.40. The van der Waals surface area contributed by atoms with Crippen molar-refractivity contribution in [3.05, 3.63) is 0 Å². The molecule has 0 aromatic heterocycles. The maximum Gasteiger partial charge on any atom is 0.116 e. The molecule has 0 bridgehead atoms. The van der Waals surface area contributed by atoms with Gasteiger partial charge in [0.05, 0.1) is 0 Å². The van der Waals surface area contributed by atoms with E-state index in [1.54, 1.807) is 11.8 Å². The Morgan fingerprint density at radius 1 is 2.00 bits per heavy atom. The minimum Gasteiger partial charge on any atom is -0.379 e. The molecule has 1 rings (SSSR count). The quantitative estimate of drug-likeness (QED) is 0.435. The molecule has 0 aromatic carbocycles. The van der Waals surface area contributed by atoms with Gasteiger partial charge in [-0.25, -0.2) is 0 Å². The third-order valence-electron chi connectivity index (χ3n) is 0.562. The van der Waals surface area contributed by atoms with Crippen LogP contribution in [0.3, 0.4) is 0 Å². The third kappa shape index (κ3) is 0.816. The summed E-state index contributed by atoms with van der Waals surface area (Å²) in [4.78, 5) is -0.333. The fraction of sp³-hybridized carbons (Fsp3) is 1.00. The molecular weight excluding hydrogens is 84.1 g/mol. The van der Waals surface area contributed by atoms with E-state index in [4.69, 9.17) is 5.11 Å². The summed E-state index contributed by atoms with van der Waals surface area (Å²) in [5.74, 6) is 0.924. The topological polar surface area (TPSA) is 20.2 Å². The summed E-state index contributed by atoms with van der Waals surface area (Å²) in [6.07, 6.45) is 0. The predicted octanol–water partition coefficient (Wildman–Crippen LogP) is 0.442. The molecule has 1 aliphatic rings. The number of aliphatic hydroxyl groups is 1. The molecule has 30 valence electrons. The Morgan fingerprint density at radius 2 is 2.20 bits per heavy atom. The molecule has 1 unspecified atom stereocenters.